The summed E-state index contributed by atoms with van der Waals surface area (Å²) >= 11 is 0. The van der Waals surface area contributed by atoms with Crippen LogP contribution in [0.2, 0.25) is 0 Å². The Hall–Kier alpha value is -0.770. The molecule has 3 N–H and O–H groups in total. The first-order valence-electron chi connectivity index (χ1n) is 5.07. The summed E-state index contributed by atoms with van der Waals surface area (Å²) < 4.78 is 0. The van der Waals surface area contributed by atoms with Crippen molar-refractivity contribution in [3.63, 3.8) is 0 Å². The number of hydrogen-bond acceptors (Lipinski definition) is 2. The molecule has 0 aliphatic heterocycles. The maximum atomic E-state index is 11.0. The van der Waals surface area contributed by atoms with Crippen LogP contribution in [0.4, 0.5) is 4.79 Å². The van der Waals surface area contributed by atoms with Crippen LogP contribution in [0.25, 0.3) is 0 Å². The molecule has 0 heterocycles. The van der Waals surface area contributed by atoms with Crippen molar-refractivity contribution in [2.45, 2.75) is 40.2 Å². The first-order chi connectivity index (χ1) is 6.38. The molecule has 0 aromatic heterocycles. The Labute approximate surface area is 86.1 Å². The minimum atomic E-state index is -0.385. The Bertz CT molecular complexity index is 175. The number of hydrogen-bond donors (Lipinski definition) is 3. The van der Waals surface area contributed by atoms with Crippen molar-refractivity contribution >= 4 is 6.03 Å². The maximum absolute atomic E-state index is 11.0. The van der Waals surface area contributed by atoms with E-state index in [2.05, 4.69) is 10.6 Å². The smallest absolute Gasteiger partial charge is 0.314 e. The highest BCUT2D eigenvalue weighted by Crippen LogP contribution is 2.20. The predicted molar refractivity (Wildman–Crippen MR) is 57.2 cm³/mol. The van der Waals surface area contributed by atoms with Gasteiger partial charge in [-0.15, -0.1) is 0 Å². The molecule has 0 saturated heterocycles. The van der Waals surface area contributed by atoms with Crippen LogP contribution in [0.15, 0.2) is 0 Å². The number of aliphatic hydroxyl groups excluding tert-OH is 1. The molecule has 4 heteroatoms. The van der Waals surface area contributed by atoms with Gasteiger partial charge in [-0.3, -0.25) is 0 Å². The molecule has 0 aliphatic rings. The molecule has 0 unspecified atom stereocenters. The van der Waals surface area contributed by atoms with Gasteiger partial charge in [-0.25, -0.2) is 4.79 Å². The highest BCUT2D eigenvalue weighted by molar-refractivity contribution is 5.73. The van der Waals surface area contributed by atoms with Crippen LogP contribution < -0.4 is 10.6 Å². The first-order valence-corrected chi connectivity index (χ1v) is 5.07. The average Bonchev–Trinajstić information content (AvgIpc) is 2.02. The van der Waals surface area contributed by atoms with E-state index in [0.29, 0.717) is 19.5 Å². The summed E-state index contributed by atoms with van der Waals surface area (Å²) in [6, 6.07) is -0.173. The number of urea groups is 1. The van der Waals surface area contributed by atoms with E-state index >= 15 is 0 Å². The number of nitrogens with one attached hydrogen (secondary N) is 2. The van der Waals surface area contributed by atoms with Crippen molar-refractivity contribution in [1.82, 2.24) is 10.6 Å². The van der Waals surface area contributed by atoms with E-state index in [0.717, 1.165) is 0 Å². The second-order valence-corrected chi connectivity index (χ2v) is 4.46. The molecule has 0 fully saturated rings. The van der Waals surface area contributed by atoms with Crippen LogP contribution in [-0.2, 0) is 0 Å². The van der Waals surface area contributed by atoms with E-state index in [1.54, 1.807) is 0 Å². The van der Waals surface area contributed by atoms with Crippen LogP contribution >= 0.6 is 0 Å². The fourth-order valence-electron chi connectivity index (χ4n) is 0.978. The molecular formula is C10H22N2O2. The second kappa shape index (κ2) is 5.86. The summed E-state index contributed by atoms with van der Waals surface area (Å²) in [6.45, 7) is 8.92. The number of amides is 2. The van der Waals surface area contributed by atoms with E-state index in [1.165, 1.54) is 0 Å². The van der Waals surface area contributed by atoms with Gasteiger partial charge in [0.2, 0.25) is 0 Å². The van der Waals surface area contributed by atoms with Crippen LogP contribution in [0, 0.1) is 5.41 Å². The molecule has 4 nitrogen and oxygen atoms in total. The Morgan fingerprint density at radius 3 is 2.36 bits per heavy atom. The minimum Gasteiger partial charge on any atom is -0.393 e. The fourth-order valence-corrected chi connectivity index (χ4v) is 0.978. The van der Waals surface area contributed by atoms with Crippen molar-refractivity contribution in [3.05, 3.63) is 0 Å². The summed E-state index contributed by atoms with van der Waals surface area (Å²) in [5.41, 5.74) is -0.122. The molecular weight excluding hydrogens is 180 g/mol. The number of carbonyl (C=O) groups is 1. The van der Waals surface area contributed by atoms with Crippen molar-refractivity contribution < 1.29 is 9.90 Å². The highest BCUT2D eigenvalue weighted by atomic mass is 16.3. The van der Waals surface area contributed by atoms with Gasteiger partial charge >= 0.3 is 6.03 Å². The molecule has 0 rings (SSSR count). The highest BCUT2D eigenvalue weighted by Gasteiger charge is 2.21. The molecule has 2 amide bonds. The summed E-state index contributed by atoms with van der Waals surface area (Å²) in [4.78, 5) is 11.0. The lowest BCUT2D eigenvalue weighted by Crippen LogP contribution is -2.38. The van der Waals surface area contributed by atoms with Gasteiger partial charge in [0.1, 0.15) is 0 Å². The molecule has 0 aromatic carbocycles. The zero-order valence-electron chi connectivity index (χ0n) is 9.55. The number of rotatable bonds is 4. The Kier molecular flexibility index (Phi) is 5.53. The molecule has 0 saturated carbocycles. The van der Waals surface area contributed by atoms with E-state index in [-0.39, 0.29) is 17.6 Å². The van der Waals surface area contributed by atoms with Crippen LogP contribution in [-0.4, -0.2) is 30.3 Å². The van der Waals surface area contributed by atoms with E-state index in [4.69, 9.17) is 0 Å². The lowest BCUT2D eigenvalue weighted by molar-refractivity contribution is 0.0564. The quantitative estimate of drug-likeness (QED) is 0.639. The van der Waals surface area contributed by atoms with E-state index < -0.39 is 0 Å². The number of carbonyl (C=O) groups excluding carboxylic acids is 1. The third-order valence-electron chi connectivity index (χ3n) is 2.04. The second-order valence-electron chi connectivity index (χ2n) is 4.46. The van der Waals surface area contributed by atoms with Crippen LogP contribution in [0.1, 0.15) is 34.1 Å². The van der Waals surface area contributed by atoms with Crippen molar-refractivity contribution in [1.29, 1.82) is 0 Å². The van der Waals surface area contributed by atoms with E-state index in [1.807, 2.05) is 27.7 Å². The largest absolute Gasteiger partial charge is 0.393 e. The van der Waals surface area contributed by atoms with Gasteiger partial charge in [-0.2, -0.15) is 0 Å². The van der Waals surface area contributed by atoms with Crippen molar-refractivity contribution in [3.8, 4) is 0 Å². The minimum absolute atomic E-state index is 0.122. The van der Waals surface area contributed by atoms with Gasteiger partial charge in [0.05, 0.1) is 6.10 Å². The van der Waals surface area contributed by atoms with Crippen molar-refractivity contribution in [2.24, 2.45) is 5.41 Å². The van der Waals surface area contributed by atoms with E-state index in [9.17, 15) is 9.90 Å². The summed E-state index contributed by atoms with van der Waals surface area (Å²) in [7, 11) is 0. The molecule has 0 bridgehead atoms. The van der Waals surface area contributed by atoms with Crippen LogP contribution in [0.5, 0.6) is 0 Å². The lowest BCUT2D eigenvalue weighted by atomic mass is 9.87. The zero-order chi connectivity index (χ0) is 11.2. The molecule has 84 valence electrons. The topological polar surface area (TPSA) is 61.4 Å². The summed E-state index contributed by atoms with van der Waals surface area (Å²) in [6.07, 6.45) is 0.199. The molecule has 0 aliphatic carbocycles. The van der Waals surface area contributed by atoms with Gasteiger partial charge < -0.3 is 15.7 Å². The van der Waals surface area contributed by atoms with Gasteiger partial charge in [0, 0.05) is 13.1 Å². The molecule has 0 spiro atoms. The molecule has 1 atom stereocenters. The monoisotopic (exact) mass is 202 g/mol. The number of aliphatic hydroxyl groups is 1. The average molecular weight is 202 g/mol. The van der Waals surface area contributed by atoms with Gasteiger partial charge in [-0.05, 0) is 18.8 Å². The summed E-state index contributed by atoms with van der Waals surface area (Å²) in [5, 5.41) is 15.0. The maximum Gasteiger partial charge on any atom is 0.314 e. The Morgan fingerprint density at radius 1 is 1.36 bits per heavy atom. The van der Waals surface area contributed by atoms with Crippen LogP contribution in [0.3, 0.4) is 0 Å². The van der Waals surface area contributed by atoms with Gasteiger partial charge in [0.25, 0.3) is 0 Å². The predicted octanol–water partition coefficient (Wildman–Crippen LogP) is 1.10. The van der Waals surface area contributed by atoms with Crippen molar-refractivity contribution in [2.75, 3.05) is 13.1 Å². The Balaban J connectivity index is 3.59. The lowest BCUT2D eigenvalue weighted by Gasteiger charge is -2.25. The fraction of sp³-hybridized carbons (Fsp3) is 0.900. The Morgan fingerprint density at radius 2 is 1.93 bits per heavy atom. The third kappa shape index (κ3) is 5.80. The summed E-state index contributed by atoms with van der Waals surface area (Å²) in [5.74, 6) is 0. The SMILES string of the molecule is CCNC(=O)NCC[C@H](O)C(C)(C)C. The molecule has 0 radical (unpaired) electrons. The van der Waals surface area contributed by atoms with Gasteiger partial charge in [0.15, 0.2) is 0 Å². The first kappa shape index (κ1) is 13.2. The third-order valence-corrected chi connectivity index (χ3v) is 2.04. The standard InChI is InChI=1S/C10H22N2O2/c1-5-11-9(14)12-7-6-8(13)10(2,3)4/h8,13H,5-7H2,1-4H3,(H2,11,12,14)/t8-/m0/s1. The molecule has 0 aromatic rings. The zero-order valence-corrected chi connectivity index (χ0v) is 9.55. The van der Waals surface area contributed by atoms with Gasteiger partial charge in [-0.1, -0.05) is 20.8 Å². The normalized spacial score (nSPS) is 13.5. The molecule has 14 heavy (non-hydrogen) atoms.